The highest BCUT2D eigenvalue weighted by Crippen LogP contribution is 2.33. The van der Waals surface area contributed by atoms with Crippen LogP contribution in [-0.4, -0.2) is 26.6 Å². The normalized spacial score (nSPS) is 19.6. The average molecular weight is 366 g/mol. The van der Waals surface area contributed by atoms with Crippen molar-refractivity contribution in [3.63, 3.8) is 0 Å². The third-order valence-electron chi connectivity index (χ3n) is 3.03. The molecule has 0 bridgehead atoms. The Bertz CT molecular complexity index is 665. The first-order valence-corrected chi connectivity index (χ1v) is 8.23. The van der Waals surface area contributed by atoms with E-state index in [1.54, 1.807) is 0 Å². The fraction of sp³-hybridized carbons (Fsp3) is 0.364. The fourth-order valence-corrected chi connectivity index (χ4v) is 3.45. The molecule has 1 unspecified atom stereocenters. The highest BCUT2D eigenvalue weighted by atomic mass is 79.9. The zero-order valence-corrected chi connectivity index (χ0v) is 12.7. The molecule has 20 heavy (non-hydrogen) atoms. The molecule has 1 aliphatic rings. The van der Waals surface area contributed by atoms with Gasteiger partial charge in [0, 0.05) is 24.9 Å². The third-order valence-corrected chi connectivity index (χ3v) is 4.58. The van der Waals surface area contributed by atoms with Gasteiger partial charge in [-0.05, 0) is 22.0 Å². The number of anilines is 2. The van der Waals surface area contributed by atoms with Crippen LogP contribution in [0.3, 0.4) is 0 Å². The van der Waals surface area contributed by atoms with Crippen LogP contribution < -0.4 is 15.8 Å². The first-order chi connectivity index (χ1) is 9.17. The molecule has 0 saturated carbocycles. The SMILES string of the molecule is Nc1cc(F)c(Br)cc1N1CC(CS(N)(=O)=O)CC1=O. The predicted molar refractivity (Wildman–Crippen MR) is 76.9 cm³/mol. The van der Waals surface area contributed by atoms with E-state index in [1.807, 2.05) is 0 Å². The predicted octanol–water partition coefficient (Wildman–Crippen LogP) is 0.812. The summed E-state index contributed by atoms with van der Waals surface area (Å²) in [6.07, 6.45) is 0.0743. The van der Waals surface area contributed by atoms with Crippen LogP contribution in [0.1, 0.15) is 6.42 Å². The van der Waals surface area contributed by atoms with E-state index in [2.05, 4.69) is 15.9 Å². The lowest BCUT2D eigenvalue weighted by atomic mass is 10.1. The van der Waals surface area contributed by atoms with Crippen LogP contribution in [0.15, 0.2) is 16.6 Å². The second-order valence-electron chi connectivity index (χ2n) is 4.73. The molecule has 2 rings (SSSR count). The molecule has 1 aliphatic heterocycles. The van der Waals surface area contributed by atoms with Crippen molar-refractivity contribution >= 4 is 43.2 Å². The summed E-state index contributed by atoms with van der Waals surface area (Å²) in [6.45, 7) is 0.192. The number of primary sulfonamides is 1. The highest BCUT2D eigenvalue weighted by Gasteiger charge is 2.33. The molecule has 0 aliphatic carbocycles. The van der Waals surface area contributed by atoms with Crippen molar-refractivity contribution in [2.24, 2.45) is 11.1 Å². The van der Waals surface area contributed by atoms with Crippen LogP contribution in [0.2, 0.25) is 0 Å². The van der Waals surface area contributed by atoms with Gasteiger partial charge in [-0.2, -0.15) is 0 Å². The Morgan fingerprint density at radius 2 is 2.10 bits per heavy atom. The number of benzene rings is 1. The van der Waals surface area contributed by atoms with Crippen LogP contribution in [0.4, 0.5) is 15.8 Å². The van der Waals surface area contributed by atoms with Crippen molar-refractivity contribution in [2.75, 3.05) is 22.9 Å². The maximum absolute atomic E-state index is 13.3. The van der Waals surface area contributed by atoms with E-state index in [-0.39, 0.29) is 40.7 Å². The Labute approximate surface area is 124 Å². The molecule has 1 aromatic rings. The summed E-state index contributed by atoms with van der Waals surface area (Å²) in [5.74, 6) is -1.44. The summed E-state index contributed by atoms with van der Waals surface area (Å²) in [6, 6.07) is 2.52. The van der Waals surface area contributed by atoms with Crippen LogP contribution >= 0.6 is 15.9 Å². The summed E-state index contributed by atoms with van der Waals surface area (Å²) < 4.78 is 35.6. The molecule has 0 spiro atoms. The second-order valence-corrected chi connectivity index (χ2v) is 7.24. The van der Waals surface area contributed by atoms with E-state index in [1.165, 1.54) is 11.0 Å². The minimum atomic E-state index is -3.64. The van der Waals surface area contributed by atoms with Gasteiger partial charge in [0.25, 0.3) is 0 Å². The summed E-state index contributed by atoms with van der Waals surface area (Å²) in [4.78, 5) is 13.3. The molecule has 1 saturated heterocycles. The number of carbonyl (C=O) groups excluding carboxylic acids is 1. The number of halogens is 2. The lowest BCUT2D eigenvalue weighted by Gasteiger charge is -2.19. The average Bonchev–Trinajstić information content (AvgIpc) is 2.62. The molecule has 1 aromatic carbocycles. The zero-order valence-electron chi connectivity index (χ0n) is 10.3. The molecule has 1 heterocycles. The standard InChI is InChI=1S/C11H13BrFN3O3S/c12-7-2-10(9(14)3-8(7)13)16-4-6(1-11(16)17)5-20(15,18)19/h2-3,6H,1,4-5,14H2,(H2,15,18,19). The van der Waals surface area contributed by atoms with E-state index in [4.69, 9.17) is 10.9 Å². The van der Waals surface area contributed by atoms with Gasteiger partial charge >= 0.3 is 0 Å². The van der Waals surface area contributed by atoms with Gasteiger partial charge in [0.1, 0.15) is 5.82 Å². The van der Waals surface area contributed by atoms with Gasteiger partial charge in [0.2, 0.25) is 15.9 Å². The lowest BCUT2D eigenvalue weighted by Crippen LogP contribution is -2.28. The molecule has 1 fully saturated rings. The maximum atomic E-state index is 13.3. The third kappa shape index (κ3) is 3.28. The van der Waals surface area contributed by atoms with Crippen LogP contribution in [-0.2, 0) is 14.8 Å². The number of amides is 1. The van der Waals surface area contributed by atoms with Crippen LogP contribution in [0.5, 0.6) is 0 Å². The Morgan fingerprint density at radius 3 is 2.70 bits per heavy atom. The number of nitrogen functional groups attached to an aromatic ring is 1. The van der Waals surface area contributed by atoms with Crippen molar-refractivity contribution in [1.29, 1.82) is 0 Å². The van der Waals surface area contributed by atoms with E-state index < -0.39 is 15.8 Å². The van der Waals surface area contributed by atoms with Crippen molar-refractivity contribution < 1.29 is 17.6 Å². The number of carbonyl (C=O) groups is 1. The minimum Gasteiger partial charge on any atom is -0.397 e. The molecule has 110 valence electrons. The minimum absolute atomic E-state index is 0.0743. The smallest absolute Gasteiger partial charge is 0.227 e. The molecular weight excluding hydrogens is 353 g/mol. The number of hydrogen-bond acceptors (Lipinski definition) is 4. The van der Waals surface area contributed by atoms with Gasteiger partial charge in [0.05, 0.1) is 21.6 Å². The Hall–Kier alpha value is -1.19. The van der Waals surface area contributed by atoms with Gasteiger partial charge in [0.15, 0.2) is 0 Å². The zero-order chi connectivity index (χ0) is 15.1. The summed E-state index contributed by atoms with van der Waals surface area (Å²) in [5, 5.41) is 4.98. The van der Waals surface area contributed by atoms with Gasteiger partial charge in [-0.15, -0.1) is 0 Å². The molecule has 4 N–H and O–H groups in total. The first kappa shape index (κ1) is 15.2. The van der Waals surface area contributed by atoms with Crippen molar-refractivity contribution in [3.05, 3.63) is 22.4 Å². The Kier molecular flexibility index (Phi) is 4.03. The topological polar surface area (TPSA) is 106 Å². The van der Waals surface area contributed by atoms with Gasteiger partial charge < -0.3 is 10.6 Å². The summed E-state index contributed by atoms with van der Waals surface area (Å²) in [5.41, 5.74) is 6.19. The molecule has 1 atom stereocenters. The summed E-state index contributed by atoms with van der Waals surface area (Å²) >= 11 is 3.03. The van der Waals surface area contributed by atoms with E-state index in [9.17, 15) is 17.6 Å². The lowest BCUT2D eigenvalue weighted by molar-refractivity contribution is -0.117. The molecule has 0 aromatic heterocycles. The monoisotopic (exact) mass is 365 g/mol. The first-order valence-electron chi connectivity index (χ1n) is 5.72. The Morgan fingerprint density at radius 1 is 1.45 bits per heavy atom. The van der Waals surface area contributed by atoms with Crippen LogP contribution in [0, 0.1) is 11.7 Å². The quantitative estimate of drug-likeness (QED) is 0.772. The number of nitrogens with two attached hydrogens (primary N) is 2. The number of rotatable bonds is 3. The Balaban J connectivity index is 2.26. The van der Waals surface area contributed by atoms with Crippen molar-refractivity contribution in [3.8, 4) is 0 Å². The molecule has 6 nitrogen and oxygen atoms in total. The maximum Gasteiger partial charge on any atom is 0.227 e. The number of hydrogen-bond donors (Lipinski definition) is 2. The molecular formula is C11H13BrFN3O3S. The van der Waals surface area contributed by atoms with Crippen LogP contribution in [0.25, 0.3) is 0 Å². The molecule has 0 radical (unpaired) electrons. The van der Waals surface area contributed by atoms with Gasteiger partial charge in [-0.25, -0.2) is 17.9 Å². The number of sulfonamides is 1. The largest absolute Gasteiger partial charge is 0.397 e. The van der Waals surface area contributed by atoms with Gasteiger partial charge in [-0.1, -0.05) is 0 Å². The second kappa shape index (κ2) is 5.30. The fourth-order valence-electron chi connectivity index (χ4n) is 2.24. The van der Waals surface area contributed by atoms with Gasteiger partial charge in [-0.3, -0.25) is 4.79 Å². The van der Waals surface area contributed by atoms with E-state index >= 15 is 0 Å². The molecule has 1 amide bonds. The van der Waals surface area contributed by atoms with Crippen molar-refractivity contribution in [1.82, 2.24) is 0 Å². The van der Waals surface area contributed by atoms with E-state index in [0.29, 0.717) is 5.69 Å². The van der Waals surface area contributed by atoms with Crippen molar-refractivity contribution in [2.45, 2.75) is 6.42 Å². The molecule has 9 heteroatoms. The highest BCUT2D eigenvalue weighted by molar-refractivity contribution is 9.10. The van der Waals surface area contributed by atoms with E-state index in [0.717, 1.165) is 6.07 Å². The number of nitrogens with zero attached hydrogens (tertiary/aromatic N) is 1. The summed E-state index contributed by atoms with van der Waals surface area (Å²) in [7, 11) is -3.64.